The third-order valence-corrected chi connectivity index (χ3v) is 1.79. The maximum absolute atomic E-state index is 12.6. The van der Waals surface area contributed by atoms with E-state index in [0.717, 1.165) is 11.4 Å². The van der Waals surface area contributed by atoms with Crippen molar-refractivity contribution >= 4 is 0 Å². The number of nitrogens with zero attached hydrogens (tertiary/aromatic N) is 2. The molecule has 2 nitrogen and oxygen atoms in total. The normalized spacial score (nSPS) is 23.2. The first-order valence-electron chi connectivity index (χ1n) is 3.43. The van der Waals surface area contributed by atoms with Crippen LogP contribution in [0.15, 0.2) is 6.07 Å². The predicted molar refractivity (Wildman–Crippen MR) is 35.6 cm³/mol. The molecule has 1 aromatic heterocycles. The quantitative estimate of drug-likeness (QED) is 0.527. The summed E-state index contributed by atoms with van der Waals surface area (Å²) in [5.41, 5.74) is 2.02. The Hall–Kier alpha value is -0.860. The van der Waals surface area contributed by atoms with Crippen LogP contribution in [0, 0.1) is 6.92 Å². The molecule has 2 rings (SSSR count). The lowest BCUT2D eigenvalue weighted by atomic mass is 10.2. The largest absolute Gasteiger partial charge is 0.266 e. The Kier molecular flexibility index (Phi) is 1.07. The van der Waals surface area contributed by atoms with E-state index >= 15 is 0 Å². The summed E-state index contributed by atoms with van der Waals surface area (Å²) in [4.78, 5) is 0. The molecule has 0 amide bonds. The van der Waals surface area contributed by atoms with E-state index in [9.17, 15) is 4.39 Å². The summed E-state index contributed by atoms with van der Waals surface area (Å²) in [6, 6.07) is 1.94. The molecule has 1 atom stereocenters. The van der Waals surface area contributed by atoms with Gasteiger partial charge in [0.1, 0.15) is 6.17 Å². The summed E-state index contributed by atoms with van der Waals surface area (Å²) in [6.07, 6.45) is -0.163. The van der Waals surface area contributed by atoms with E-state index in [1.54, 1.807) is 4.68 Å². The number of halogens is 1. The van der Waals surface area contributed by atoms with Crippen molar-refractivity contribution in [1.29, 1.82) is 0 Å². The third-order valence-electron chi connectivity index (χ3n) is 1.79. The first kappa shape index (κ1) is 5.89. The molecule has 1 aromatic rings. The molecule has 1 aliphatic heterocycles. The van der Waals surface area contributed by atoms with Crippen LogP contribution >= 0.6 is 0 Å². The minimum atomic E-state index is -0.705. The minimum Gasteiger partial charge on any atom is -0.266 e. The molecule has 0 saturated heterocycles. The Balaban J connectivity index is 2.39. The van der Waals surface area contributed by atoms with Crippen molar-refractivity contribution in [3.8, 4) is 0 Å². The zero-order valence-electron chi connectivity index (χ0n) is 5.84. The summed E-state index contributed by atoms with van der Waals surface area (Å²) in [6.45, 7) is 2.38. The van der Waals surface area contributed by atoms with E-state index in [1.165, 1.54) is 0 Å². The average Bonchev–Trinajstić information content (AvgIpc) is 2.21. The zero-order chi connectivity index (χ0) is 7.14. The summed E-state index contributed by atoms with van der Waals surface area (Å²) in [5, 5.41) is 4.12. The third kappa shape index (κ3) is 0.735. The van der Waals surface area contributed by atoms with Crippen LogP contribution in [0.25, 0.3) is 0 Å². The van der Waals surface area contributed by atoms with Gasteiger partial charge in [-0.2, -0.15) is 5.10 Å². The van der Waals surface area contributed by atoms with E-state index in [-0.39, 0.29) is 0 Å². The van der Waals surface area contributed by atoms with E-state index in [4.69, 9.17) is 0 Å². The van der Waals surface area contributed by atoms with Gasteiger partial charge >= 0.3 is 0 Å². The maximum Gasteiger partial charge on any atom is 0.125 e. The Morgan fingerprint density at radius 3 is 3.30 bits per heavy atom. The second kappa shape index (κ2) is 1.81. The van der Waals surface area contributed by atoms with Gasteiger partial charge in [0.15, 0.2) is 0 Å². The number of hydrogen-bond acceptors (Lipinski definition) is 1. The number of aromatic nitrogens is 2. The lowest BCUT2D eigenvalue weighted by molar-refractivity contribution is 0.322. The first-order valence-corrected chi connectivity index (χ1v) is 3.43. The van der Waals surface area contributed by atoms with Gasteiger partial charge in [-0.25, -0.2) is 4.39 Å². The van der Waals surface area contributed by atoms with Crippen LogP contribution in [-0.4, -0.2) is 16.0 Å². The summed E-state index contributed by atoms with van der Waals surface area (Å²) < 4.78 is 14.4. The number of rotatable bonds is 0. The van der Waals surface area contributed by atoms with Gasteiger partial charge < -0.3 is 0 Å². The van der Waals surface area contributed by atoms with Crippen LogP contribution < -0.4 is 0 Å². The molecule has 0 radical (unpaired) electrons. The van der Waals surface area contributed by atoms with Gasteiger partial charge in [-0.3, -0.25) is 4.68 Å². The van der Waals surface area contributed by atoms with Crippen molar-refractivity contribution in [1.82, 2.24) is 9.78 Å². The SMILES string of the molecule is Cc1cc2n(n1)C[C@H](F)C2. The topological polar surface area (TPSA) is 17.8 Å². The van der Waals surface area contributed by atoms with Gasteiger partial charge in [0.2, 0.25) is 0 Å². The second-order valence-corrected chi connectivity index (χ2v) is 2.76. The van der Waals surface area contributed by atoms with Crippen LogP contribution in [0.5, 0.6) is 0 Å². The van der Waals surface area contributed by atoms with Gasteiger partial charge in [0.25, 0.3) is 0 Å². The molecule has 54 valence electrons. The molecule has 0 aliphatic carbocycles. The fourth-order valence-corrected chi connectivity index (χ4v) is 1.40. The fourth-order valence-electron chi connectivity index (χ4n) is 1.40. The average molecular weight is 140 g/mol. The second-order valence-electron chi connectivity index (χ2n) is 2.76. The monoisotopic (exact) mass is 140 g/mol. The molecule has 0 spiro atoms. The van der Waals surface area contributed by atoms with Crippen molar-refractivity contribution < 1.29 is 4.39 Å². The van der Waals surface area contributed by atoms with Gasteiger partial charge in [0, 0.05) is 12.1 Å². The number of aryl methyl sites for hydroxylation is 1. The fraction of sp³-hybridized carbons (Fsp3) is 0.571. The molecule has 1 aliphatic rings. The van der Waals surface area contributed by atoms with Gasteiger partial charge in [-0.15, -0.1) is 0 Å². The van der Waals surface area contributed by atoms with E-state index in [2.05, 4.69) is 5.10 Å². The minimum absolute atomic E-state index is 0.448. The van der Waals surface area contributed by atoms with Crippen molar-refractivity contribution in [3.63, 3.8) is 0 Å². The highest BCUT2D eigenvalue weighted by atomic mass is 19.1. The van der Waals surface area contributed by atoms with Crippen molar-refractivity contribution in [2.24, 2.45) is 0 Å². The van der Waals surface area contributed by atoms with E-state index in [1.807, 2.05) is 13.0 Å². The van der Waals surface area contributed by atoms with Crippen LogP contribution in [-0.2, 0) is 13.0 Å². The summed E-state index contributed by atoms with van der Waals surface area (Å²) in [5.74, 6) is 0. The van der Waals surface area contributed by atoms with Gasteiger partial charge in [0.05, 0.1) is 12.2 Å². The van der Waals surface area contributed by atoms with Crippen LogP contribution in [0.3, 0.4) is 0 Å². The Morgan fingerprint density at radius 1 is 1.80 bits per heavy atom. The zero-order valence-corrected chi connectivity index (χ0v) is 5.84. The molecule has 10 heavy (non-hydrogen) atoms. The molecule has 2 heterocycles. The lowest BCUT2D eigenvalue weighted by Crippen LogP contribution is -2.02. The van der Waals surface area contributed by atoms with E-state index in [0.29, 0.717) is 13.0 Å². The van der Waals surface area contributed by atoms with E-state index < -0.39 is 6.17 Å². The highest BCUT2D eigenvalue weighted by Crippen LogP contribution is 2.17. The predicted octanol–water partition coefficient (Wildman–Crippen LogP) is 1.09. The molecule has 3 heteroatoms. The standard InChI is InChI=1S/C7H9FN2/c1-5-2-7-3-6(8)4-10(7)9-5/h2,6H,3-4H2,1H3/t6-/m1/s1. The Bertz CT molecular complexity index is 231. The molecule has 0 unspecified atom stereocenters. The van der Waals surface area contributed by atoms with Gasteiger partial charge in [-0.1, -0.05) is 0 Å². The molecule has 0 bridgehead atoms. The number of alkyl halides is 1. The van der Waals surface area contributed by atoms with Crippen LogP contribution in [0.1, 0.15) is 11.4 Å². The number of fused-ring (bicyclic) bond motifs is 1. The van der Waals surface area contributed by atoms with Gasteiger partial charge in [-0.05, 0) is 13.0 Å². The van der Waals surface area contributed by atoms with Crippen molar-refractivity contribution in [2.75, 3.05) is 0 Å². The molecule has 0 aromatic carbocycles. The molecule has 0 fully saturated rings. The number of hydrogen-bond donors (Lipinski definition) is 0. The Morgan fingerprint density at radius 2 is 2.60 bits per heavy atom. The van der Waals surface area contributed by atoms with Crippen molar-refractivity contribution in [2.45, 2.75) is 26.1 Å². The molecule has 0 N–H and O–H groups in total. The maximum atomic E-state index is 12.6. The molecular formula is C7H9FN2. The Labute approximate surface area is 58.7 Å². The van der Waals surface area contributed by atoms with Crippen LogP contribution in [0.4, 0.5) is 4.39 Å². The highest BCUT2D eigenvalue weighted by Gasteiger charge is 2.21. The molecule has 0 saturated carbocycles. The lowest BCUT2D eigenvalue weighted by Gasteiger charge is -1.92. The highest BCUT2D eigenvalue weighted by molar-refractivity contribution is 5.13. The van der Waals surface area contributed by atoms with Crippen LogP contribution in [0.2, 0.25) is 0 Å². The summed E-state index contributed by atoms with van der Waals surface area (Å²) >= 11 is 0. The molecular weight excluding hydrogens is 131 g/mol. The van der Waals surface area contributed by atoms with Crippen molar-refractivity contribution in [3.05, 3.63) is 17.5 Å². The summed E-state index contributed by atoms with van der Waals surface area (Å²) in [7, 11) is 0. The first-order chi connectivity index (χ1) is 4.75. The smallest absolute Gasteiger partial charge is 0.125 e.